The Kier molecular flexibility index (Phi) is 5.58. The molecule has 28 heavy (non-hydrogen) atoms. The average molecular weight is 401 g/mol. The van der Waals surface area contributed by atoms with Crippen LogP contribution in [0.4, 0.5) is 0 Å². The summed E-state index contributed by atoms with van der Waals surface area (Å²) in [6, 6.07) is 15.3. The van der Waals surface area contributed by atoms with E-state index in [-0.39, 0.29) is 5.91 Å². The molecule has 0 saturated carbocycles. The molecule has 2 N–H and O–H groups in total. The number of hydrogen-bond donors (Lipinski definition) is 2. The summed E-state index contributed by atoms with van der Waals surface area (Å²) in [4.78, 5) is 14.8. The molecule has 2 heterocycles. The fourth-order valence-corrected chi connectivity index (χ4v) is 4.39. The highest BCUT2D eigenvalue weighted by atomic mass is 35.5. The van der Waals surface area contributed by atoms with Crippen molar-refractivity contribution < 1.29 is 14.6 Å². The van der Waals surface area contributed by atoms with Crippen molar-refractivity contribution in [2.75, 3.05) is 19.6 Å². The number of aliphatic hydroxyl groups is 1. The highest BCUT2D eigenvalue weighted by Gasteiger charge is 2.49. The molecule has 2 aromatic rings. The molecule has 0 radical (unpaired) electrons. The number of likely N-dealkylation sites (tertiary alicyclic amines) is 1. The summed E-state index contributed by atoms with van der Waals surface area (Å²) in [6.45, 7) is 2.79. The van der Waals surface area contributed by atoms with Gasteiger partial charge in [0.2, 0.25) is 5.91 Å². The van der Waals surface area contributed by atoms with E-state index in [0.717, 1.165) is 43.0 Å². The van der Waals surface area contributed by atoms with Crippen LogP contribution in [0.25, 0.3) is 0 Å². The Labute approximate surface area is 170 Å². The molecule has 4 rings (SSSR count). The van der Waals surface area contributed by atoms with Gasteiger partial charge in [-0.1, -0.05) is 23.7 Å². The summed E-state index contributed by atoms with van der Waals surface area (Å²) < 4.78 is 5.93. The molecule has 2 aromatic carbocycles. The first kappa shape index (κ1) is 19.2. The van der Waals surface area contributed by atoms with Gasteiger partial charge in [-0.05, 0) is 61.2 Å². The predicted molar refractivity (Wildman–Crippen MR) is 109 cm³/mol. The summed E-state index contributed by atoms with van der Waals surface area (Å²) in [5, 5.41) is 14.2. The monoisotopic (exact) mass is 400 g/mol. The van der Waals surface area contributed by atoms with Gasteiger partial charge in [-0.3, -0.25) is 9.69 Å². The van der Waals surface area contributed by atoms with Gasteiger partial charge in [0, 0.05) is 31.2 Å². The average Bonchev–Trinajstić information content (AvgIpc) is 2.69. The third kappa shape index (κ3) is 4.02. The van der Waals surface area contributed by atoms with Crippen molar-refractivity contribution in [3.8, 4) is 11.5 Å². The van der Waals surface area contributed by atoms with Crippen LogP contribution >= 0.6 is 11.6 Å². The Morgan fingerprint density at radius 3 is 2.82 bits per heavy atom. The summed E-state index contributed by atoms with van der Waals surface area (Å²) in [5.74, 6) is 1.50. The lowest BCUT2D eigenvalue weighted by Crippen LogP contribution is -2.61. The van der Waals surface area contributed by atoms with Crippen molar-refractivity contribution in [1.29, 1.82) is 0 Å². The van der Waals surface area contributed by atoms with Gasteiger partial charge in [0.05, 0.1) is 11.5 Å². The highest BCUT2D eigenvalue weighted by molar-refractivity contribution is 6.30. The first-order valence-electron chi connectivity index (χ1n) is 9.76. The summed E-state index contributed by atoms with van der Waals surface area (Å²) in [7, 11) is 0. The zero-order valence-electron chi connectivity index (χ0n) is 15.7. The van der Waals surface area contributed by atoms with Crippen molar-refractivity contribution in [3.63, 3.8) is 0 Å². The zero-order valence-corrected chi connectivity index (χ0v) is 16.5. The second-order valence-electron chi connectivity index (χ2n) is 7.73. The number of nitrogens with zero attached hydrogens (tertiary/aromatic N) is 1. The van der Waals surface area contributed by atoms with Gasteiger partial charge in [0.25, 0.3) is 0 Å². The Morgan fingerprint density at radius 1 is 1.21 bits per heavy atom. The van der Waals surface area contributed by atoms with E-state index in [1.165, 1.54) is 0 Å². The SMILES string of the molecule is O=C1NCCC[C@]12CN(Cc1cccc(Oc3ccc(Cl)cc3)c1)CC[C@H]2O. The molecule has 0 aromatic heterocycles. The Hall–Kier alpha value is -2.08. The zero-order chi connectivity index (χ0) is 19.6. The number of nitrogens with one attached hydrogen (secondary N) is 1. The van der Waals surface area contributed by atoms with E-state index in [1.807, 2.05) is 30.3 Å². The smallest absolute Gasteiger partial charge is 0.230 e. The Morgan fingerprint density at radius 2 is 2.04 bits per heavy atom. The van der Waals surface area contributed by atoms with Crippen LogP contribution in [0.1, 0.15) is 24.8 Å². The molecule has 1 amide bonds. The Bertz CT molecular complexity index is 842. The van der Waals surface area contributed by atoms with Gasteiger partial charge in [-0.25, -0.2) is 0 Å². The number of ether oxygens (including phenoxy) is 1. The number of amides is 1. The van der Waals surface area contributed by atoms with Gasteiger partial charge in [-0.2, -0.15) is 0 Å². The molecular weight excluding hydrogens is 376 g/mol. The number of carbonyl (C=O) groups excluding carboxylic acids is 1. The number of benzene rings is 2. The molecule has 6 heteroatoms. The lowest BCUT2D eigenvalue weighted by atomic mass is 9.71. The number of carbonyl (C=O) groups is 1. The standard InChI is InChI=1S/C22H25ClN2O3/c23-17-5-7-18(8-6-17)28-19-4-1-3-16(13-19)14-25-12-9-20(26)22(15-25)10-2-11-24-21(22)27/h1,3-8,13,20,26H,2,9-12,14-15H2,(H,24,27)/t20-,22-/m1/s1. The van der Waals surface area contributed by atoms with Gasteiger partial charge in [0.1, 0.15) is 11.5 Å². The number of hydrogen-bond acceptors (Lipinski definition) is 4. The molecule has 1 spiro atoms. The molecule has 0 bridgehead atoms. The molecule has 2 fully saturated rings. The van der Waals surface area contributed by atoms with E-state index in [9.17, 15) is 9.90 Å². The lowest BCUT2D eigenvalue weighted by Gasteiger charge is -2.47. The molecule has 0 unspecified atom stereocenters. The maximum absolute atomic E-state index is 12.5. The summed E-state index contributed by atoms with van der Waals surface area (Å²) in [6.07, 6.45) is 1.72. The molecule has 2 aliphatic rings. The second-order valence-corrected chi connectivity index (χ2v) is 8.17. The van der Waals surface area contributed by atoms with Crippen LogP contribution in [0.2, 0.25) is 5.02 Å². The molecule has 148 valence electrons. The van der Waals surface area contributed by atoms with Gasteiger partial charge >= 0.3 is 0 Å². The lowest BCUT2D eigenvalue weighted by molar-refractivity contribution is -0.149. The molecule has 2 aliphatic heterocycles. The van der Waals surface area contributed by atoms with Crippen LogP contribution in [-0.4, -0.2) is 41.7 Å². The summed E-state index contributed by atoms with van der Waals surface area (Å²) >= 11 is 5.92. The first-order valence-corrected chi connectivity index (χ1v) is 10.1. The van der Waals surface area contributed by atoms with Gasteiger partial charge < -0.3 is 15.2 Å². The fourth-order valence-electron chi connectivity index (χ4n) is 4.27. The highest BCUT2D eigenvalue weighted by Crippen LogP contribution is 2.38. The van der Waals surface area contributed by atoms with Crippen molar-refractivity contribution >= 4 is 17.5 Å². The molecule has 2 saturated heterocycles. The molecule has 5 nitrogen and oxygen atoms in total. The van der Waals surface area contributed by atoms with Crippen molar-refractivity contribution in [1.82, 2.24) is 10.2 Å². The van der Waals surface area contributed by atoms with E-state index in [4.69, 9.17) is 16.3 Å². The van der Waals surface area contributed by atoms with Crippen molar-refractivity contribution in [2.24, 2.45) is 5.41 Å². The topological polar surface area (TPSA) is 61.8 Å². The van der Waals surface area contributed by atoms with E-state index < -0.39 is 11.5 Å². The minimum Gasteiger partial charge on any atom is -0.457 e. The normalized spacial score (nSPS) is 25.5. The minimum absolute atomic E-state index is 0.00391. The molecular formula is C22H25ClN2O3. The van der Waals surface area contributed by atoms with E-state index in [0.29, 0.717) is 24.5 Å². The van der Waals surface area contributed by atoms with Gasteiger partial charge in [-0.15, -0.1) is 0 Å². The van der Waals surface area contributed by atoms with Crippen LogP contribution in [-0.2, 0) is 11.3 Å². The molecule has 2 atom stereocenters. The van der Waals surface area contributed by atoms with Crippen LogP contribution in [0.3, 0.4) is 0 Å². The third-order valence-corrected chi connectivity index (χ3v) is 6.01. The fraction of sp³-hybridized carbons (Fsp3) is 0.409. The number of piperidine rings is 2. The van der Waals surface area contributed by atoms with Crippen LogP contribution in [0.15, 0.2) is 48.5 Å². The molecule has 0 aliphatic carbocycles. The number of rotatable bonds is 4. The van der Waals surface area contributed by atoms with Crippen LogP contribution in [0, 0.1) is 5.41 Å². The minimum atomic E-state index is -0.673. The summed E-state index contributed by atoms with van der Waals surface area (Å²) in [5.41, 5.74) is 0.447. The van der Waals surface area contributed by atoms with E-state index in [2.05, 4.69) is 16.3 Å². The maximum atomic E-state index is 12.5. The maximum Gasteiger partial charge on any atom is 0.230 e. The number of halogens is 1. The van der Waals surface area contributed by atoms with Crippen molar-refractivity contribution in [2.45, 2.75) is 31.9 Å². The van der Waals surface area contributed by atoms with Crippen molar-refractivity contribution in [3.05, 3.63) is 59.1 Å². The largest absolute Gasteiger partial charge is 0.457 e. The van der Waals surface area contributed by atoms with Crippen LogP contribution in [0.5, 0.6) is 11.5 Å². The third-order valence-electron chi connectivity index (χ3n) is 5.75. The predicted octanol–water partition coefficient (Wildman–Crippen LogP) is 3.60. The quantitative estimate of drug-likeness (QED) is 0.823. The number of aliphatic hydroxyl groups excluding tert-OH is 1. The second kappa shape index (κ2) is 8.11. The van der Waals surface area contributed by atoms with Gasteiger partial charge in [0.15, 0.2) is 0 Å². The van der Waals surface area contributed by atoms with E-state index in [1.54, 1.807) is 12.1 Å². The van der Waals surface area contributed by atoms with Crippen LogP contribution < -0.4 is 10.1 Å². The first-order chi connectivity index (χ1) is 13.5. The van der Waals surface area contributed by atoms with E-state index >= 15 is 0 Å². The Balaban J connectivity index is 1.45.